The van der Waals surface area contributed by atoms with Gasteiger partial charge < -0.3 is 10.1 Å². The fraction of sp³-hybridized carbons (Fsp3) is 0.286. The van der Waals surface area contributed by atoms with Gasteiger partial charge in [0.15, 0.2) is 6.61 Å². The van der Waals surface area contributed by atoms with E-state index in [0.29, 0.717) is 25.1 Å². The van der Waals surface area contributed by atoms with Crippen LogP contribution >= 0.6 is 11.6 Å². The van der Waals surface area contributed by atoms with E-state index in [1.165, 1.54) is 16.4 Å². The molecule has 2 N–H and O–H groups in total. The Kier molecular flexibility index (Phi) is 7.37. The van der Waals surface area contributed by atoms with Crippen LogP contribution in [0.15, 0.2) is 47.4 Å². The highest BCUT2D eigenvalue weighted by atomic mass is 35.5. The third-order valence-corrected chi connectivity index (χ3v) is 7.00. The first-order chi connectivity index (χ1) is 15.2. The molecule has 0 radical (unpaired) electrons. The lowest BCUT2D eigenvalue weighted by Gasteiger charge is -2.20. The van der Waals surface area contributed by atoms with Gasteiger partial charge in [0.2, 0.25) is 0 Å². The van der Waals surface area contributed by atoms with Crippen molar-refractivity contribution in [1.82, 2.24) is 10.6 Å². The maximum Gasteiger partial charge on any atom is 0.338 e. The van der Waals surface area contributed by atoms with E-state index in [1.807, 2.05) is 24.4 Å². The van der Waals surface area contributed by atoms with Crippen molar-refractivity contribution in [2.24, 2.45) is 0 Å². The predicted octanol–water partition coefficient (Wildman–Crippen LogP) is 2.48. The van der Waals surface area contributed by atoms with Gasteiger partial charge in [-0.05, 0) is 42.7 Å². The molecule has 170 valence electrons. The fourth-order valence-corrected chi connectivity index (χ4v) is 5.17. The molecule has 0 bridgehead atoms. The molecule has 0 spiro atoms. The summed E-state index contributed by atoms with van der Waals surface area (Å²) in [6.45, 7) is 1.80. The number of hydrogen-bond acceptors (Lipinski definition) is 6. The minimum absolute atomic E-state index is 0.0451. The maximum atomic E-state index is 13.2. The SMILES string of the molecule is CCCNC(=O)NC(=O)COC(=O)c1ccc(Cl)c(S(=O)(=O)N2CCc3ccccc32)c1. The normalized spacial score (nSPS) is 12.8. The number of anilines is 1. The van der Waals surface area contributed by atoms with E-state index < -0.39 is 34.5 Å². The van der Waals surface area contributed by atoms with Gasteiger partial charge in [-0.3, -0.25) is 14.4 Å². The molecule has 2 aromatic carbocycles. The maximum absolute atomic E-state index is 13.2. The van der Waals surface area contributed by atoms with Gasteiger partial charge in [-0.25, -0.2) is 18.0 Å². The molecule has 11 heteroatoms. The summed E-state index contributed by atoms with van der Waals surface area (Å²) in [7, 11) is -4.03. The van der Waals surface area contributed by atoms with E-state index in [1.54, 1.807) is 12.1 Å². The van der Waals surface area contributed by atoms with E-state index in [9.17, 15) is 22.8 Å². The number of carbonyl (C=O) groups is 3. The van der Waals surface area contributed by atoms with Crippen LogP contribution in [0.4, 0.5) is 10.5 Å². The Hall–Kier alpha value is -3.11. The Balaban J connectivity index is 1.72. The third-order valence-electron chi connectivity index (χ3n) is 4.70. The molecule has 0 saturated heterocycles. The van der Waals surface area contributed by atoms with Crippen LogP contribution in [-0.4, -0.2) is 46.0 Å². The lowest BCUT2D eigenvalue weighted by Crippen LogP contribution is -2.41. The lowest BCUT2D eigenvalue weighted by molar-refractivity contribution is -0.123. The second-order valence-corrected chi connectivity index (χ2v) is 9.22. The number of nitrogens with zero attached hydrogens (tertiary/aromatic N) is 1. The largest absolute Gasteiger partial charge is 0.452 e. The second kappa shape index (κ2) is 10.0. The molecule has 2 aromatic rings. The summed E-state index contributed by atoms with van der Waals surface area (Å²) in [6.07, 6.45) is 1.26. The number of ether oxygens (including phenoxy) is 1. The minimum Gasteiger partial charge on any atom is -0.452 e. The number of halogens is 1. The topological polar surface area (TPSA) is 122 Å². The van der Waals surface area contributed by atoms with Crippen LogP contribution in [0.5, 0.6) is 0 Å². The Morgan fingerprint density at radius 1 is 1.16 bits per heavy atom. The predicted molar refractivity (Wildman–Crippen MR) is 118 cm³/mol. The Labute approximate surface area is 190 Å². The van der Waals surface area contributed by atoms with Crippen LogP contribution in [0.1, 0.15) is 29.3 Å². The summed E-state index contributed by atoms with van der Waals surface area (Å²) in [4.78, 5) is 35.3. The van der Waals surface area contributed by atoms with E-state index >= 15 is 0 Å². The van der Waals surface area contributed by atoms with Crippen LogP contribution in [0.25, 0.3) is 0 Å². The Bertz CT molecular complexity index is 1150. The molecule has 1 heterocycles. The van der Waals surface area contributed by atoms with Gasteiger partial charge in [-0.15, -0.1) is 0 Å². The molecule has 0 unspecified atom stereocenters. The molecule has 32 heavy (non-hydrogen) atoms. The lowest BCUT2D eigenvalue weighted by atomic mass is 10.2. The van der Waals surface area contributed by atoms with Crippen molar-refractivity contribution in [3.05, 3.63) is 58.6 Å². The highest BCUT2D eigenvalue weighted by Crippen LogP contribution is 2.35. The number of imide groups is 1. The van der Waals surface area contributed by atoms with E-state index in [2.05, 4.69) is 5.32 Å². The van der Waals surface area contributed by atoms with Gasteiger partial charge in [0.25, 0.3) is 15.9 Å². The van der Waals surface area contributed by atoms with Gasteiger partial charge >= 0.3 is 12.0 Å². The van der Waals surface area contributed by atoms with E-state index in [0.717, 1.165) is 11.6 Å². The van der Waals surface area contributed by atoms with Gasteiger partial charge in [0.05, 0.1) is 16.3 Å². The highest BCUT2D eigenvalue weighted by molar-refractivity contribution is 7.93. The van der Waals surface area contributed by atoms with Gasteiger partial charge in [0, 0.05) is 13.1 Å². The standard InChI is InChI=1S/C21H22ClN3O6S/c1-2-10-23-21(28)24-19(26)13-31-20(27)15-7-8-16(22)18(12-15)32(29,30)25-11-9-14-5-3-4-6-17(14)25/h3-8,12H,2,9-11,13H2,1H3,(H2,23,24,26,28). The van der Waals surface area contributed by atoms with Gasteiger partial charge in [-0.1, -0.05) is 36.7 Å². The molecular formula is C21H22ClN3O6S. The fourth-order valence-electron chi connectivity index (χ4n) is 3.16. The summed E-state index contributed by atoms with van der Waals surface area (Å²) in [5.74, 6) is -1.74. The number of esters is 1. The molecule has 3 amide bonds. The number of hydrogen-bond donors (Lipinski definition) is 2. The van der Waals surface area contributed by atoms with Crippen LogP contribution < -0.4 is 14.9 Å². The van der Waals surface area contributed by atoms with Crippen LogP contribution in [0, 0.1) is 0 Å². The average Bonchev–Trinajstić information content (AvgIpc) is 3.21. The molecule has 1 aliphatic rings. The zero-order chi connectivity index (χ0) is 23.3. The molecule has 0 atom stereocenters. The van der Waals surface area contributed by atoms with E-state index in [-0.39, 0.29) is 22.0 Å². The molecule has 0 fully saturated rings. The number of para-hydroxylation sites is 1. The molecule has 1 aliphatic heterocycles. The van der Waals surface area contributed by atoms with Crippen molar-refractivity contribution >= 4 is 45.2 Å². The first-order valence-corrected chi connectivity index (χ1v) is 11.7. The van der Waals surface area contributed by atoms with Crippen molar-refractivity contribution in [2.45, 2.75) is 24.7 Å². The minimum atomic E-state index is -4.03. The number of amides is 3. The summed E-state index contributed by atoms with van der Waals surface area (Å²) in [5.41, 5.74) is 1.37. The third kappa shape index (κ3) is 5.20. The second-order valence-electron chi connectivity index (χ2n) is 6.98. The van der Waals surface area contributed by atoms with Gasteiger partial charge in [0.1, 0.15) is 4.90 Å². The average molecular weight is 480 g/mol. The highest BCUT2D eigenvalue weighted by Gasteiger charge is 2.32. The van der Waals surface area contributed by atoms with Crippen molar-refractivity contribution in [2.75, 3.05) is 24.0 Å². The number of benzene rings is 2. The molecule has 0 aromatic heterocycles. The molecular weight excluding hydrogens is 458 g/mol. The first-order valence-electron chi connectivity index (χ1n) is 9.89. The summed E-state index contributed by atoms with van der Waals surface area (Å²) in [5, 5.41) is 4.43. The van der Waals surface area contributed by atoms with Crippen molar-refractivity contribution in [1.29, 1.82) is 0 Å². The number of nitrogens with one attached hydrogen (secondary N) is 2. The van der Waals surface area contributed by atoms with Crippen LogP contribution in [0.3, 0.4) is 0 Å². The molecule has 9 nitrogen and oxygen atoms in total. The Morgan fingerprint density at radius 2 is 1.91 bits per heavy atom. The summed E-state index contributed by atoms with van der Waals surface area (Å²) < 4.78 is 32.6. The van der Waals surface area contributed by atoms with E-state index in [4.69, 9.17) is 16.3 Å². The molecule has 0 aliphatic carbocycles. The van der Waals surface area contributed by atoms with Crippen LogP contribution in [-0.2, 0) is 26.0 Å². The van der Waals surface area contributed by atoms with Crippen LogP contribution in [0.2, 0.25) is 5.02 Å². The number of urea groups is 1. The zero-order valence-electron chi connectivity index (χ0n) is 17.3. The number of fused-ring (bicyclic) bond motifs is 1. The van der Waals surface area contributed by atoms with Crippen molar-refractivity contribution < 1.29 is 27.5 Å². The smallest absolute Gasteiger partial charge is 0.338 e. The first kappa shape index (κ1) is 23.6. The monoisotopic (exact) mass is 479 g/mol. The number of carbonyl (C=O) groups excluding carboxylic acids is 3. The number of rotatable bonds is 7. The quantitative estimate of drug-likeness (QED) is 0.588. The number of sulfonamides is 1. The zero-order valence-corrected chi connectivity index (χ0v) is 18.8. The van der Waals surface area contributed by atoms with Crippen molar-refractivity contribution in [3.63, 3.8) is 0 Å². The molecule has 0 saturated carbocycles. The summed E-state index contributed by atoms with van der Waals surface area (Å²) in [6, 6.07) is 10.1. The molecule has 3 rings (SSSR count). The van der Waals surface area contributed by atoms with Gasteiger partial charge in [-0.2, -0.15) is 0 Å². The van der Waals surface area contributed by atoms with Crippen molar-refractivity contribution in [3.8, 4) is 0 Å². The summed E-state index contributed by atoms with van der Waals surface area (Å²) >= 11 is 6.15. The Morgan fingerprint density at radius 3 is 2.66 bits per heavy atom.